The average molecular weight is 540 g/mol. The molecular weight excluding hydrogens is 512 g/mol. The monoisotopic (exact) mass is 539 g/mol. The molecule has 2 aromatic carbocycles. The summed E-state index contributed by atoms with van der Waals surface area (Å²) in [5.74, 6) is 0.710. The summed E-state index contributed by atoms with van der Waals surface area (Å²) in [5, 5.41) is 3.42. The van der Waals surface area contributed by atoms with Crippen LogP contribution in [0.4, 0.5) is 26.3 Å². The van der Waals surface area contributed by atoms with Crippen LogP contribution in [0.25, 0.3) is 0 Å². The zero-order valence-corrected chi connectivity index (χ0v) is 20.6. The molecule has 0 saturated carbocycles. The van der Waals surface area contributed by atoms with E-state index in [-0.39, 0.29) is 29.2 Å². The molecular formula is C28H27F6NO3. The maximum absolute atomic E-state index is 13.4. The van der Waals surface area contributed by atoms with Gasteiger partial charge in [0.15, 0.2) is 5.78 Å². The molecule has 4 rings (SSSR count). The van der Waals surface area contributed by atoms with Crippen molar-refractivity contribution in [3.8, 4) is 5.75 Å². The van der Waals surface area contributed by atoms with Gasteiger partial charge in [0.05, 0.1) is 23.7 Å². The molecule has 1 saturated heterocycles. The van der Waals surface area contributed by atoms with Crippen LogP contribution in [0.2, 0.25) is 0 Å². The molecule has 0 radical (unpaired) electrons. The van der Waals surface area contributed by atoms with E-state index in [0.29, 0.717) is 24.3 Å². The molecule has 0 bridgehead atoms. The molecule has 1 heterocycles. The Labute approximate surface area is 216 Å². The van der Waals surface area contributed by atoms with Gasteiger partial charge >= 0.3 is 12.4 Å². The lowest BCUT2D eigenvalue weighted by Gasteiger charge is -2.41. The van der Waals surface area contributed by atoms with E-state index in [1.54, 1.807) is 25.3 Å². The maximum Gasteiger partial charge on any atom is 0.416 e. The normalized spacial score (nSPS) is 22.2. The molecule has 2 atom stereocenters. The van der Waals surface area contributed by atoms with Crippen molar-refractivity contribution in [2.75, 3.05) is 13.7 Å². The first-order valence-corrected chi connectivity index (χ1v) is 12.1. The van der Waals surface area contributed by atoms with Gasteiger partial charge in [-0.1, -0.05) is 18.6 Å². The number of nitrogens with one attached hydrogen (secondary N) is 1. The zero-order chi connectivity index (χ0) is 27.6. The van der Waals surface area contributed by atoms with E-state index in [9.17, 15) is 31.1 Å². The zero-order valence-electron chi connectivity index (χ0n) is 20.6. The maximum atomic E-state index is 13.4. The van der Waals surface area contributed by atoms with Crippen molar-refractivity contribution in [1.82, 2.24) is 5.32 Å². The molecule has 38 heavy (non-hydrogen) atoms. The molecule has 10 heteroatoms. The van der Waals surface area contributed by atoms with Crippen LogP contribution in [-0.4, -0.2) is 25.5 Å². The van der Waals surface area contributed by atoms with Gasteiger partial charge in [0.2, 0.25) is 0 Å². The Hall–Kier alpha value is -3.27. The number of allylic oxidation sites excluding steroid dienone is 2. The second-order valence-electron chi connectivity index (χ2n) is 9.51. The van der Waals surface area contributed by atoms with Crippen LogP contribution < -0.4 is 10.1 Å². The van der Waals surface area contributed by atoms with E-state index in [0.717, 1.165) is 31.4 Å². The standard InChI is InChI=1S/C28H27F6NO3/c1-37-22-7-5-18(6-8-22)15-26(24-4-2-3-11-35-24)16-23(9-10-25(26)36)38-17-19-12-20(27(29,30)31)14-21(13-19)28(32,33)34/h5-10,12-14,16,24,35H,2-4,11,15,17H2,1H3. The summed E-state index contributed by atoms with van der Waals surface area (Å²) in [6.07, 6.45) is -2.57. The summed E-state index contributed by atoms with van der Waals surface area (Å²) < 4.78 is 90.4. The van der Waals surface area contributed by atoms with Crippen LogP contribution >= 0.6 is 0 Å². The van der Waals surface area contributed by atoms with Gasteiger partial charge in [-0.25, -0.2) is 0 Å². The number of halogens is 6. The molecule has 1 fully saturated rings. The SMILES string of the molecule is COc1ccc(CC2(C3CCCCN3)C=C(OCc3cc(C(F)(F)F)cc(C(F)(F)F)c3)C=CC2=O)cc1. The quantitative estimate of drug-likeness (QED) is 0.401. The van der Waals surface area contributed by atoms with Gasteiger partial charge in [0.25, 0.3) is 0 Å². The second kappa shape index (κ2) is 10.8. The summed E-state index contributed by atoms with van der Waals surface area (Å²) in [5.41, 5.74) is -3.27. The van der Waals surface area contributed by atoms with Crippen molar-refractivity contribution in [2.45, 2.75) is 50.7 Å². The fourth-order valence-electron chi connectivity index (χ4n) is 4.95. The number of carbonyl (C=O) groups excluding carboxylic acids is 1. The van der Waals surface area contributed by atoms with E-state index in [4.69, 9.17) is 9.47 Å². The van der Waals surface area contributed by atoms with Crippen molar-refractivity contribution < 1.29 is 40.6 Å². The fraction of sp³-hybridized carbons (Fsp3) is 0.393. The molecule has 2 aromatic rings. The van der Waals surface area contributed by atoms with Crippen molar-refractivity contribution >= 4 is 5.78 Å². The Kier molecular flexibility index (Phi) is 7.92. The van der Waals surface area contributed by atoms with Gasteiger partial charge in [-0.2, -0.15) is 26.3 Å². The lowest BCUT2D eigenvalue weighted by molar-refractivity contribution is -0.143. The summed E-state index contributed by atoms with van der Waals surface area (Å²) in [6, 6.07) is 8.41. The van der Waals surface area contributed by atoms with Crippen LogP contribution in [-0.2, 0) is 34.9 Å². The Bertz CT molecular complexity index is 1180. The van der Waals surface area contributed by atoms with E-state index >= 15 is 0 Å². The van der Waals surface area contributed by atoms with Crippen molar-refractivity contribution in [3.05, 3.63) is 88.7 Å². The predicted octanol–water partition coefficient (Wildman–Crippen LogP) is 6.64. The van der Waals surface area contributed by atoms with Crippen LogP contribution in [0.15, 0.2) is 66.5 Å². The minimum absolute atomic E-state index is 0.0799. The van der Waals surface area contributed by atoms with Crippen LogP contribution in [0.5, 0.6) is 5.75 Å². The number of carbonyl (C=O) groups is 1. The largest absolute Gasteiger partial charge is 0.497 e. The number of ketones is 1. The number of hydrogen-bond acceptors (Lipinski definition) is 4. The number of rotatable bonds is 7. The highest BCUT2D eigenvalue weighted by molar-refractivity contribution is 5.99. The van der Waals surface area contributed by atoms with E-state index < -0.39 is 35.5 Å². The third-order valence-corrected chi connectivity index (χ3v) is 6.90. The Morgan fingerprint density at radius 2 is 1.58 bits per heavy atom. The molecule has 2 unspecified atom stereocenters. The predicted molar refractivity (Wildman–Crippen MR) is 128 cm³/mol. The van der Waals surface area contributed by atoms with Crippen LogP contribution in [0.1, 0.15) is 41.5 Å². The van der Waals surface area contributed by atoms with E-state index in [2.05, 4.69) is 5.32 Å². The first-order valence-electron chi connectivity index (χ1n) is 12.1. The highest BCUT2D eigenvalue weighted by atomic mass is 19.4. The van der Waals surface area contributed by atoms with Crippen molar-refractivity contribution in [3.63, 3.8) is 0 Å². The molecule has 204 valence electrons. The van der Waals surface area contributed by atoms with E-state index in [1.807, 2.05) is 12.1 Å². The van der Waals surface area contributed by atoms with Gasteiger partial charge < -0.3 is 14.8 Å². The molecule has 1 N–H and O–H groups in total. The molecule has 4 nitrogen and oxygen atoms in total. The highest BCUT2D eigenvalue weighted by Gasteiger charge is 2.45. The number of hydrogen-bond donors (Lipinski definition) is 1. The first-order chi connectivity index (χ1) is 17.9. The summed E-state index contributed by atoms with van der Waals surface area (Å²) in [6.45, 7) is 0.189. The van der Waals surface area contributed by atoms with Crippen LogP contribution in [0, 0.1) is 5.41 Å². The average Bonchev–Trinajstić information content (AvgIpc) is 2.89. The van der Waals surface area contributed by atoms with Gasteiger partial charge in [0.1, 0.15) is 18.1 Å². The topological polar surface area (TPSA) is 47.6 Å². The Balaban J connectivity index is 1.65. The molecule has 2 aliphatic rings. The second-order valence-corrected chi connectivity index (χ2v) is 9.51. The number of benzene rings is 2. The molecule has 0 amide bonds. The van der Waals surface area contributed by atoms with Crippen molar-refractivity contribution in [1.29, 1.82) is 0 Å². The number of piperidine rings is 1. The molecule has 1 aliphatic heterocycles. The lowest BCUT2D eigenvalue weighted by atomic mass is 9.67. The molecule has 1 aliphatic carbocycles. The summed E-state index contributed by atoms with van der Waals surface area (Å²) in [7, 11) is 1.55. The highest BCUT2D eigenvalue weighted by Crippen LogP contribution is 2.40. The minimum atomic E-state index is -4.95. The molecule has 0 aromatic heterocycles. The van der Waals surface area contributed by atoms with Gasteiger partial charge in [-0.05, 0) is 85.5 Å². The minimum Gasteiger partial charge on any atom is -0.497 e. The Morgan fingerprint density at radius 1 is 0.921 bits per heavy atom. The third kappa shape index (κ3) is 6.23. The summed E-state index contributed by atoms with van der Waals surface area (Å²) in [4.78, 5) is 13.4. The van der Waals surface area contributed by atoms with Gasteiger partial charge in [-0.3, -0.25) is 4.79 Å². The van der Waals surface area contributed by atoms with Gasteiger partial charge in [-0.15, -0.1) is 0 Å². The number of methoxy groups -OCH3 is 1. The smallest absolute Gasteiger partial charge is 0.416 e. The number of alkyl halides is 6. The number of ether oxygens (including phenoxy) is 2. The molecule has 0 spiro atoms. The third-order valence-electron chi connectivity index (χ3n) is 6.90. The summed E-state index contributed by atoms with van der Waals surface area (Å²) >= 11 is 0. The first kappa shape index (κ1) is 27.8. The Morgan fingerprint density at radius 3 is 2.13 bits per heavy atom. The van der Waals surface area contributed by atoms with Crippen LogP contribution in [0.3, 0.4) is 0 Å². The lowest BCUT2D eigenvalue weighted by Crippen LogP contribution is -2.52. The van der Waals surface area contributed by atoms with Crippen molar-refractivity contribution in [2.24, 2.45) is 5.41 Å². The van der Waals surface area contributed by atoms with Gasteiger partial charge in [0, 0.05) is 6.04 Å². The van der Waals surface area contributed by atoms with E-state index in [1.165, 1.54) is 12.2 Å². The fourth-order valence-corrected chi connectivity index (χ4v) is 4.95.